The molecule has 0 aliphatic rings. The van der Waals surface area contributed by atoms with Crippen LogP contribution in [0, 0.1) is 5.82 Å². The first-order valence-electron chi connectivity index (χ1n) is 5.16. The summed E-state index contributed by atoms with van der Waals surface area (Å²) >= 11 is 5.52. The van der Waals surface area contributed by atoms with Gasteiger partial charge in [0.25, 0.3) is 0 Å². The molecule has 1 atom stereocenters. The summed E-state index contributed by atoms with van der Waals surface area (Å²) in [5.41, 5.74) is 6.34. The minimum absolute atomic E-state index is 0.0997. The molecule has 100 valence electrons. The molecule has 18 heavy (non-hydrogen) atoms. The molecular formula is C12H12ClF4N. The molecule has 0 radical (unpaired) electrons. The lowest BCUT2D eigenvalue weighted by molar-refractivity contribution is -0.137. The van der Waals surface area contributed by atoms with Gasteiger partial charge in [-0.1, -0.05) is 18.5 Å². The lowest BCUT2D eigenvalue weighted by Gasteiger charge is -2.16. The molecule has 0 saturated carbocycles. The molecule has 1 nitrogen and oxygen atoms in total. The highest BCUT2D eigenvalue weighted by atomic mass is 35.5. The third-order valence-corrected chi connectivity index (χ3v) is 2.96. The van der Waals surface area contributed by atoms with Crippen LogP contribution in [0.3, 0.4) is 0 Å². The predicted molar refractivity (Wildman–Crippen MR) is 62.8 cm³/mol. The first-order chi connectivity index (χ1) is 8.29. The molecule has 0 aliphatic heterocycles. The maximum absolute atomic E-state index is 13.2. The van der Waals surface area contributed by atoms with Crippen LogP contribution in [0.15, 0.2) is 29.3 Å². The lowest BCUT2D eigenvalue weighted by atomic mass is 9.92. The molecule has 1 aromatic carbocycles. The molecule has 1 unspecified atom stereocenters. The summed E-state index contributed by atoms with van der Waals surface area (Å²) in [4.78, 5) is 0. The molecule has 0 amide bonds. The van der Waals surface area contributed by atoms with Crippen molar-refractivity contribution in [1.29, 1.82) is 0 Å². The van der Waals surface area contributed by atoms with E-state index in [4.69, 9.17) is 17.3 Å². The van der Waals surface area contributed by atoms with Gasteiger partial charge in [0.15, 0.2) is 0 Å². The number of hydrogen-bond acceptors (Lipinski definition) is 1. The quantitative estimate of drug-likeness (QED) is 0.832. The van der Waals surface area contributed by atoms with Crippen molar-refractivity contribution in [1.82, 2.24) is 0 Å². The van der Waals surface area contributed by atoms with Crippen LogP contribution in [-0.4, -0.2) is 6.54 Å². The fourth-order valence-electron chi connectivity index (χ4n) is 1.56. The molecule has 6 heteroatoms. The molecule has 0 saturated heterocycles. The van der Waals surface area contributed by atoms with Crippen LogP contribution in [0.2, 0.25) is 0 Å². The van der Waals surface area contributed by atoms with Crippen molar-refractivity contribution in [3.05, 3.63) is 46.3 Å². The lowest BCUT2D eigenvalue weighted by Crippen LogP contribution is -2.11. The number of halogens is 5. The first-order valence-corrected chi connectivity index (χ1v) is 5.60. The predicted octanol–water partition coefficient (Wildman–Crippen LogP) is 4.03. The zero-order valence-electron chi connectivity index (χ0n) is 9.56. The number of hydrogen-bond donors (Lipinski definition) is 1. The van der Waals surface area contributed by atoms with Crippen LogP contribution in [0.4, 0.5) is 17.6 Å². The van der Waals surface area contributed by atoms with Gasteiger partial charge in [0.05, 0.1) is 5.56 Å². The summed E-state index contributed by atoms with van der Waals surface area (Å²) in [7, 11) is 0. The maximum Gasteiger partial charge on any atom is 0.416 e. The molecule has 0 aromatic heterocycles. The largest absolute Gasteiger partial charge is 0.416 e. The van der Waals surface area contributed by atoms with E-state index in [1.165, 1.54) is 5.54 Å². The smallest absolute Gasteiger partial charge is 0.327 e. The average molecular weight is 282 g/mol. The van der Waals surface area contributed by atoms with E-state index in [0.717, 1.165) is 12.1 Å². The van der Waals surface area contributed by atoms with Gasteiger partial charge < -0.3 is 5.73 Å². The summed E-state index contributed by atoms with van der Waals surface area (Å²) in [5, 5.41) is 0. The van der Waals surface area contributed by atoms with E-state index in [9.17, 15) is 17.6 Å². The zero-order chi connectivity index (χ0) is 13.9. The van der Waals surface area contributed by atoms with Crippen LogP contribution in [0.5, 0.6) is 0 Å². The van der Waals surface area contributed by atoms with Gasteiger partial charge in [-0.15, -0.1) is 0 Å². The van der Waals surface area contributed by atoms with Gasteiger partial charge >= 0.3 is 6.18 Å². The van der Waals surface area contributed by atoms with Crippen LogP contribution < -0.4 is 5.73 Å². The van der Waals surface area contributed by atoms with E-state index in [0.29, 0.717) is 11.6 Å². The Labute approximate surface area is 107 Å². The Morgan fingerprint density at radius 2 is 2.00 bits per heavy atom. The van der Waals surface area contributed by atoms with E-state index in [1.54, 1.807) is 6.92 Å². The zero-order valence-corrected chi connectivity index (χ0v) is 10.3. The topological polar surface area (TPSA) is 26.0 Å². The van der Waals surface area contributed by atoms with Crippen LogP contribution in [-0.2, 0) is 6.18 Å². The third kappa shape index (κ3) is 3.46. The summed E-state index contributed by atoms with van der Waals surface area (Å²) in [6.07, 6.45) is -4.58. The Morgan fingerprint density at radius 1 is 1.39 bits per heavy atom. The Kier molecular flexibility index (Phi) is 4.76. The minimum atomic E-state index is -4.58. The Balaban J connectivity index is 3.22. The second-order valence-corrected chi connectivity index (χ2v) is 4.10. The highest BCUT2D eigenvalue weighted by Gasteiger charge is 2.31. The molecule has 0 aliphatic carbocycles. The summed E-state index contributed by atoms with van der Waals surface area (Å²) in [5.74, 6) is -1.40. The number of rotatable bonds is 3. The second-order valence-electron chi connectivity index (χ2n) is 3.88. The van der Waals surface area contributed by atoms with Gasteiger partial charge in [0.1, 0.15) is 5.82 Å². The Hall–Kier alpha value is -1.07. The van der Waals surface area contributed by atoms with Gasteiger partial charge in [0.2, 0.25) is 0 Å². The van der Waals surface area contributed by atoms with Crippen molar-refractivity contribution < 1.29 is 17.6 Å². The normalized spacial score (nSPS) is 14.7. The highest BCUT2D eigenvalue weighted by molar-refractivity contribution is 6.25. The molecule has 1 aromatic rings. The molecule has 1 rings (SSSR count). The highest BCUT2D eigenvalue weighted by Crippen LogP contribution is 2.33. The van der Waals surface area contributed by atoms with Crippen molar-refractivity contribution in [3.8, 4) is 0 Å². The summed E-state index contributed by atoms with van der Waals surface area (Å²) in [6, 6.07) is 2.42. The molecule has 0 fully saturated rings. The van der Waals surface area contributed by atoms with E-state index >= 15 is 0 Å². The van der Waals surface area contributed by atoms with Crippen molar-refractivity contribution >= 4 is 11.6 Å². The maximum atomic E-state index is 13.2. The van der Waals surface area contributed by atoms with Crippen molar-refractivity contribution in [2.24, 2.45) is 5.73 Å². The van der Waals surface area contributed by atoms with Crippen molar-refractivity contribution in [2.45, 2.75) is 19.0 Å². The molecule has 0 spiro atoms. The number of benzene rings is 1. The van der Waals surface area contributed by atoms with E-state index < -0.39 is 23.5 Å². The van der Waals surface area contributed by atoms with E-state index in [1.807, 2.05) is 0 Å². The Morgan fingerprint density at radius 3 is 2.44 bits per heavy atom. The minimum Gasteiger partial charge on any atom is -0.327 e. The van der Waals surface area contributed by atoms with Gasteiger partial charge in [-0.2, -0.15) is 13.2 Å². The van der Waals surface area contributed by atoms with Crippen LogP contribution in [0.25, 0.3) is 0 Å². The molecule has 2 N–H and O–H groups in total. The van der Waals surface area contributed by atoms with Crippen molar-refractivity contribution in [2.75, 3.05) is 6.54 Å². The first kappa shape index (κ1) is 15.0. The van der Waals surface area contributed by atoms with Gasteiger partial charge in [-0.3, -0.25) is 0 Å². The Bertz CT molecular complexity index is 454. The molecule has 0 heterocycles. The monoisotopic (exact) mass is 281 g/mol. The second kappa shape index (κ2) is 5.71. The fraction of sp³-hybridized carbons (Fsp3) is 0.333. The standard InChI is InChI=1S/C12H12ClF4N/c1-7(9(5-13)6-18)8-2-10(12(15,16)17)4-11(14)3-8/h2-5,7H,6,18H2,1H3. The van der Waals surface area contributed by atoms with Gasteiger partial charge in [0, 0.05) is 18.0 Å². The molecular weight excluding hydrogens is 270 g/mol. The van der Waals surface area contributed by atoms with Crippen LogP contribution >= 0.6 is 11.6 Å². The van der Waals surface area contributed by atoms with Crippen molar-refractivity contribution in [3.63, 3.8) is 0 Å². The van der Waals surface area contributed by atoms with E-state index in [2.05, 4.69) is 0 Å². The number of alkyl halides is 3. The SMILES string of the molecule is CC(C(=CCl)CN)c1cc(F)cc(C(F)(F)F)c1. The van der Waals surface area contributed by atoms with Gasteiger partial charge in [-0.05, 0) is 29.3 Å². The molecule has 0 bridgehead atoms. The number of nitrogens with two attached hydrogens (primary N) is 1. The fourth-order valence-corrected chi connectivity index (χ4v) is 1.83. The third-order valence-electron chi connectivity index (χ3n) is 2.68. The average Bonchev–Trinajstić information content (AvgIpc) is 2.28. The van der Waals surface area contributed by atoms with Gasteiger partial charge in [-0.25, -0.2) is 4.39 Å². The summed E-state index contributed by atoms with van der Waals surface area (Å²) < 4.78 is 50.8. The van der Waals surface area contributed by atoms with E-state index in [-0.39, 0.29) is 12.1 Å². The van der Waals surface area contributed by atoms with Crippen LogP contribution in [0.1, 0.15) is 24.0 Å². The summed E-state index contributed by atoms with van der Waals surface area (Å²) in [6.45, 7) is 1.72.